The van der Waals surface area contributed by atoms with Crippen molar-refractivity contribution in [2.75, 3.05) is 6.61 Å². The number of Topliss-reactive ketones (excluding diaryl/α,β-unsaturated/α-hetero) is 1. The van der Waals surface area contributed by atoms with E-state index >= 15 is 0 Å². The van der Waals surface area contributed by atoms with Gasteiger partial charge in [-0.05, 0) is 43.4 Å². The van der Waals surface area contributed by atoms with Gasteiger partial charge >= 0.3 is 5.97 Å². The number of ether oxygens (including phenoxy) is 1. The Morgan fingerprint density at radius 1 is 0.682 bits per heavy atom. The molecule has 1 heterocycles. The molecule has 0 aliphatic carbocycles. The highest BCUT2D eigenvalue weighted by Crippen LogP contribution is 2.28. The van der Waals surface area contributed by atoms with E-state index in [1.54, 1.807) is 0 Å². The maximum atomic E-state index is 12.5. The SMILES string of the molecule is CC1CC(C)CC(C)C(=O)C(C)CC(C)COC(=O)C(C)C1. The van der Waals surface area contributed by atoms with Crippen LogP contribution in [0.25, 0.3) is 0 Å². The maximum Gasteiger partial charge on any atom is 0.308 e. The highest BCUT2D eigenvalue weighted by Gasteiger charge is 2.26. The number of carbonyl (C=O) groups excluding carboxylic acids is 2. The van der Waals surface area contributed by atoms with Gasteiger partial charge in [0.25, 0.3) is 0 Å². The van der Waals surface area contributed by atoms with Crippen LogP contribution >= 0.6 is 0 Å². The standard InChI is InChI=1S/C19H34O3/c1-12-7-13(2)9-17(6)19(21)22-11-14(3)10-16(5)18(20)15(4)8-12/h12-17H,7-11H2,1-6H3. The minimum absolute atomic E-state index is 0.0335. The summed E-state index contributed by atoms with van der Waals surface area (Å²) in [4.78, 5) is 24.6. The second-order valence-electron chi connectivity index (χ2n) is 7.99. The van der Waals surface area contributed by atoms with E-state index in [-0.39, 0.29) is 29.6 Å². The minimum Gasteiger partial charge on any atom is -0.465 e. The van der Waals surface area contributed by atoms with Crippen molar-refractivity contribution in [2.24, 2.45) is 35.5 Å². The Bertz CT molecular complexity index is 377. The van der Waals surface area contributed by atoms with Crippen molar-refractivity contribution in [1.82, 2.24) is 0 Å². The fraction of sp³-hybridized carbons (Fsp3) is 0.895. The van der Waals surface area contributed by atoms with Crippen LogP contribution in [0.3, 0.4) is 0 Å². The number of rotatable bonds is 0. The normalized spacial score (nSPS) is 39.9. The molecule has 0 amide bonds. The molecule has 1 aliphatic rings. The first-order chi connectivity index (χ1) is 10.2. The number of hydrogen-bond donors (Lipinski definition) is 0. The van der Waals surface area contributed by atoms with Crippen molar-refractivity contribution < 1.29 is 14.3 Å². The Kier molecular flexibility index (Phi) is 7.58. The quantitative estimate of drug-likeness (QED) is 0.619. The Morgan fingerprint density at radius 3 is 1.68 bits per heavy atom. The van der Waals surface area contributed by atoms with Crippen molar-refractivity contribution in [2.45, 2.75) is 67.2 Å². The van der Waals surface area contributed by atoms with Gasteiger partial charge in [-0.25, -0.2) is 0 Å². The third-order valence-corrected chi connectivity index (χ3v) is 4.96. The first kappa shape index (κ1) is 19.2. The topological polar surface area (TPSA) is 43.4 Å². The highest BCUT2D eigenvalue weighted by molar-refractivity contribution is 5.82. The summed E-state index contributed by atoms with van der Waals surface area (Å²) in [6, 6.07) is 0. The molecule has 0 bridgehead atoms. The number of esters is 1. The fourth-order valence-corrected chi connectivity index (χ4v) is 3.94. The van der Waals surface area contributed by atoms with Crippen LogP contribution in [0.2, 0.25) is 0 Å². The lowest BCUT2D eigenvalue weighted by molar-refractivity contribution is -0.150. The molecule has 3 nitrogen and oxygen atoms in total. The highest BCUT2D eigenvalue weighted by atomic mass is 16.5. The molecule has 1 saturated heterocycles. The van der Waals surface area contributed by atoms with Crippen LogP contribution in [-0.4, -0.2) is 18.4 Å². The van der Waals surface area contributed by atoms with Gasteiger partial charge in [-0.1, -0.05) is 41.5 Å². The molecule has 6 unspecified atom stereocenters. The van der Waals surface area contributed by atoms with Crippen LogP contribution in [0.1, 0.15) is 67.2 Å². The zero-order valence-electron chi connectivity index (χ0n) is 15.2. The average Bonchev–Trinajstić information content (AvgIpc) is 2.42. The van der Waals surface area contributed by atoms with Crippen molar-refractivity contribution in [3.63, 3.8) is 0 Å². The molecule has 0 aromatic rings. The Balaban J connectivity index is 2.79. The molecule has 0 spiro atoms. The van der Waals surface area contributed by atoms with Crippen LogP contribution in [0, 0.1) is 35.5 Å². The third kappa shape index (κ3) is 6.10. The molecule has 1 aliphatic heterocycles. The summed E-state index contributed by atoms with van der Waals surface area (Å²) in [7, 11) is 0. The van der Waals surface area contributed by atoms with E-state index < -0.39 is 0 Å². The van der Waals surface area contributed by atoms with Gasteiger partial charge in [-0.3, -0.25) is 9.59 Å². The molecular formula is C19H34O3. The minimum atomic E-state index is -0.0873. The molecule has 6 atom stereocenters. The molecule has 0 radical (unpaired) electrons. The molecule has 0 aromatic heterocycles. The van der Waals surface area contributed by atoms with Crippen LogP contribution < -0.4 is 0 Å². The van der Waals surface area contributed by atoms with E-state index in [9.17, 15) is 9.59 Å². The van der Waals surface area contributed by atoms with Crippen LogP contribution in [0.15, 0.2) is 0 Å². The van der Waals surface area contributed by atoms with Crippen molar-refractivity contribution in [1.29, 1.82) is 0 Å². The summed E-state index contributed by atoms with van der Waals surface area (Å²) in [6.07, 6.45) is 3.70. The number of hydrogen-bond acceptors (Lipinski definition) is 3. The van der Waals surface area contributed by atoms with Gasteiger partial charge < -0.3 is 4.74 Å². The molecule has 0 saturated carbocycles. The molecule has 1 rings (SSSR count). The Labute approximate surface area is 136 Å². The van der Waals surface area contributed by atoms with E-state index in [4.69, 9.17) is 4.74 Å². The average molecular weight is 310 g/mol. The van der Waals surface area contributed by atoms with Crippen LogP contribution in [-0.2, 0) is 14.3 Å². The number of ketones is 1. The largest absolute Gasteiger partial charge is 0.465 e. The molecule has 22 heavy (non-hydrogen) atoms. The zero-order chi connectivity index (χ0) is 16.9. The number of cyclic esters (lactones) is 1. The maximum absolute atomic E-state index is 12.5. The van der Waals surface area contributed by atoms with Gasteiger partial charge in [-0.15, -0.1) is 0 Å². The Hall–Kier alpha value is -0.860. The first-order valence-electron chi connectivity index (χ1n) is 8.91. The van der Waals surface area contributed by atoms with Crippen molar-refractivity contribution in [3.8, 4) is 0 Å². The smallest absolute Gasteiger partial charge is 0.308 e. The second-order valence-corrected chi connectivity index (χ2v) is 7.99. The summed E-state index contributed by atoms with van der Waals surface area (Å²) >= 11 is 0. The summed E-state index contributed by atoms with van der Waals surface area (Å²) in [5.74, 6) is 1.66. The second kappa shape index (κ2) is 8.69. The molecule has 0 aromatic carbocycles. The van der Waals surface area contributed by atoms with Gasteiger partial charge in [-0.2, -0.15) is 0 Å². The lowest BCUT2D eigenvalue weighted by Gasteiger charge is -2.25. The van der Waals surface area contributed by atoms with Crippen molar-refractivity contribution >= 4 is 11.8 Å². The predicted octanol–water partition coefficient (Wildman–Crippen LogP) is 4.49. The van der Waals surface area contributed by atoms with E-state index in [2.05, 4.69) is 27.7 Å². The van der Waals surface area contributed by atoms with Crippen LogP contribution in [0.4, 0.5) is 0 Å². The summed E-state index contributed by atoms with van der Waals surface area (Å²) in [5, 5.41) is 0. The monoisotopic (exact) mass is 310 g/mol. The van der Waals surface area contributed by atoms with Gasteiger partial charge in [0.15, 0.2) is 0 Å². The lowest BCUT2D eigenvalue weighted by atomic mass is 9.81. The fourth-order valence-electron chi connectivity index (χ4n) is 3.94. The first-order valence-corrected chi connectivity index (χ1v) is 8.91. The molecular weight excluding hydrogens is 276 g/mol. The van der Waals surface area contributed by atoms with Gasteiger partial charge in [0.1, 0.15) is 5.78 Å². The summed E-state index contributed by atoms with van der Waals surface area (Å²) in [6.45, 7) is 13.0. The van der Waals surface area contributed by atoms with E-state index in [0.29, 0.717) is 24.2 Å². The Morgan fingerprint density at radius 2 is 1.14 bits per heavy atom. The van der Waals surface area contributed by atoms with E-state index in [1.807, 2.05) is 13.8 Å². The molecule has 128 valence electrons. The van der Waals surface area contributed by atoms with Gasteiger partial charge in [0.05, 0.1) is 12.5 Å². The van der Waals surface area contributed by atoms with Crippen molar-refractivity contribution in [3.05, 3.63) is 0 Å². The predicted molar refractivity (Wildman–Crippen MR) is 89.4 cm³/mol. The summed E-state index contributed by atoms with van der Waals surface area (Å²) in [5.41, 5.74) is 0. The zero-order valence-corrected chi connectivity index (χ0v) is 15.2. The van der Waals surface area contributed by atoms with Gasteiger partial charge in [0.2, 0.25) is 0 Å². The molecule has 0 N–H and O–H groups in total. The van der Waals surface area contributed by atoms with E-state index in [0.717, 1.165) is 25.7 Å². The molecule has 1 fully saturated rings. The van der Waals surface area contributed by atoms with E-state index in [1.165, 1.54) is 0 Å². The lowest BCUT2D eigenvalue weighted by Crippen LogP contribution is -2.27. The molecule has 3 heteroatoms. The van der Waals surface area contributed by atoms with Gasteiger partial charge in [0, 0.05) is 11.8 Å². The summed E-state index contributed by atoms with van der Waals surface area (Å²) < 4.78 is 5.45. The third-order valence-electron chi connectivity index (χ3n) is 4.96. The number of carbonyl (C=O) groups is 2. The van der Waals surface area contributed by atoms with Crippen LogP contribution in [0.5, 0.6) is 0 Å².